The zero-order valence-corrected chi connectivity index (χ0v) is 12.1. The molecule has 2 aliphatic rings. The van der Waals surface area contributed by atoms with Crippen molar-refractivity contribution in [2.24, 2.45) is 0 Å². The first kappa shape index (κ1) is 13.6. The summed E-state index contributed by atoms with van der Waals surface area (Å²) in [4.78, 5) is 14.1. The third kappa shape index (κ3) is 3.40. The van der Waals surface area contributed by atoms with E-state index < -0.39 is 0 Å². The van der Waals surface area contributed by atoms with Crippen LogP contribution in [0.25, 0.3) is 0 Å². The molecule has 1 N–H and O–H groups in total. The number of nitrogens with one attached hydrogen (secondary N) is 1. The number of hydrogen-bond donors (Lipinski definition) is 1. The van der Waals surface area contributed by atoms with Gasteiger partial charge in [0.05, 0.1) is 0 Å². The molecule has 1 heterocycles. The molecule has 1 amide bonds. The van der Waals surface area contributed by atoms with E-state index in [4.69, 9.17) is 0 Å². The summed E-state index contributed by atoms with van der Waals surface area (Å²) < 4.78 is 0. The molecule has 3 rings (SSSR count). The van der Waals surface area contributed by atoms with E-state index in [0.29, 0.717) is 24.4 Å². The topological polar surface area (TPSA) is 32.3 Å². The van der Waals surface area contributed by atoms with E-state index in [9.17, 15) is 4.79 Å². The number of nitrogens with zero attached hydrogens (tertiary/aromatic N) is 1. The van der Waals surface area contributed by atoms with Gasteiger partial charge in [-0.05, 0) is 24.8 Å². The second-order valence-corrected chi connectivity index (χ2v) is 6.12. The molecule has 1 saturated heterocycles. The van der Waals surface area contributed by atoms with Gasteiger partial charge in [-0.25, -0.2) is 0 Å². The first-order chi connectivity index (χ1) is 9.81. The first-order valence-corrected chi connectivity index (χ1v) is 7.89. The Morgan fingerprint density at radius 2 is 1.85 bits per heavy atom. The zero-order chi connectivity index (χ0) is 13.8. The first-order valence-electron chi connectivity index (χ1n) is 7.89. The van der Waals surface area contributed by atoms with E-state index in [1.54, 1.807) is 0 Å². The Bertz CT molecular complexity index is 440. The standard InChI is InChI=1S/C17H24N2O/c20-17-12-16(18-15-8-4-5-9-15)13-19(17)11-10-14-6-2-1-3-7-14/h1-3,6-7,15-16,18H,4-5,8-13H2/t16-/m1/s1. The molecule has 108 valence electrons. The summed E-state index contributed by atoms with van der Waals surface area (Å²) in [5.74, 6) is 0.316. The van der Waals surface area contributed by atoms with Gasteiger partial charge in [0.1, 0.15) is 0 Å². The van der Waals surface area contributed by atoms with Crippen molar-refractivity contribution >= 4 is 5.91 Å². The van der Waals surface area contributed by atoms with Crippen molar-refractivity contribution in [1.82, 2.24) is 10.2 Å². The second-order valence-electron chi connectivity index (χ2n) is 6.12. The minimum atomic E-state index is 0.316. The zero-order valence-electron chi connectivity index (χ0n) is 12.1. The van der Waals surface area contributed by atoms with Gasteiger partial charge in [0.25, 0.3) is 0 Å². The Morgan fingerprint density at radius 3 is 2.60 bits per heavy atom. The molecule has 1 aliphatic carbocycles. The molecular weight excluding hydrogens is 248 g/mol. The SMILES string of the molecule is O=C1C[C@@H](NC2CCCC2)CN1CCc1ccccc1. The van der Waals surface area contributed by atoms with Crippen molar-refractivity contribution in [1.29, 1.82) is 0 Å². The highest BCUT2D eigenvalue weighted by Gasteiger charge is 2.31. The van der Waals surface area contributed by atoms with Crippen LogP contribution in [0.15, 0.2) is 30.3 Å². The van der Waals surface area contributed by atoms with Crippen LogP contribution in [0.5, 0.6) is 0 Å². The molecule has 1 atom stereocenters. The molecule has 20 heavy (non-hydrogen) atoms. The molecule has 0 unspecified atom stereocenters. The summed E-state index contributed by atoms with van der Waals surface area (Å²) in [5, 5.41) is 3.67. The minimum Gasteiger partial charge on any atom is -0.341 e. The molecule has 3 heteroatoms. The van der Waals surface area contributed by atoms with E-state index >= 15 is 0 Å². The Hall–Kier alpha value is -1.35. The van der Waals surface area contributed by atoms with E-state index in [1.807, 2.05) is 11.0 Å². The van der Waals surface area contributed by atoms with Gasteiger partial charge in [-0.3, -0.25) is 4.79 Å². The predicted octanol–water partition coefficient (Wildman–Crippen LogP) is 2.36. The molecule has 0 spiro atoms. The van der Waals surface area contributed by atoms with Crippen LogP contribution in [-0.2, 0) is 11.2 Å². The molecule has 2 fully saturated rings. The van der Waals surface area contributed by atoms with Gasteiger partial charge in [-0.1, -0.05) is 43.2 Å². The van der Waals surface area contributed by atoms with Crippen molar-refractivity contribution < 1.29 is 4.79 Å². The Morgan fingerprint density at radius 1 is 1.10 bits per heavy atom. The smallest absolute Gasteiger partial charge is 0.224 e. The van der Waals surface area contributed by atoms with Gasteiger partial charge in [-0.2, -0.15) is 0 Å². The lowest BCUT2D eigenvalue weighted by Crippen LogP contribution is -2.39. The van der Waals surface area contributed by atoms with Gasteiger partial charge in [-0.15, -0.1) is 0 Å². The molecule has 1 aliphatic heterocycles. The van der Waals surface area contributed by atoms with E-state index in [1.165, 1.54) is 31.2 Å². The predicted molar refractivity (Wildman–Crippen MR) is 80.5 cm³/mol. The number of carbonyl (C=O) groups excluding carboxylic acids is 1. The molecule has 0 radical (unpaired) electrons. The summed E-state index contributed by atoms with van der Waals surface area (Å²) in [7, 11) is 0. The maximum absolute atomic E-state index is 12.1. The Labute approximate surface area is 121 Å². The maximum Gasteiger partial charge on any atom is 0.224 e. The fourth-order valence-corrected chi connectivity index (χ4v) is 3.43. The lowest BCUT2D eigenvalue weighted by atomic mass is 10.1. The highest BCUT2D eigenvalue weighted by atomic mass is 16.2. The quantitative estimate of drug-likeness (QED) is 0.892. The van der Waals surface area contributed by atoms with E-state index in [-0.39, 0.29) is 0 Å². The van der Waals surface area contributed by atoms with Crippen LogP contribution in [0.2, 0.25) is 0 Å². The van der Waals surface area contributed by atoms with Crippen LogP contribution in [-0.4, -0.2) is 36.0 Å². The number of amides is 1. The van der Waals surface area contributed by atoms with Crippen LogP contribution in [0, 0.1) is 0 Å². The van der Waals surface area contributed by atoms with E-state index in [2.05, 4.69) is 29.6 Å². The normalized spacial score (nSPS) is 23.7. The summed E-state index contributed by atoms with van der Waals surface area (Å²) in [5.41, 5.74) is 1.31. The minimum absolute atomic E-state index is 0.316. The van der Waals surface area contributed by atoms with Crippen molar-refractivity contribution in [2.75, 3.05) is 13.1 Å². The molecule has 0 bridgehead atoms. The van der Waals surface area contributed by atoms with Gasteiger partial charge in [0, 0.05) is 31.6 Å². The van der Waals surface area contributed by atoms with Crippen LogP contribution in [0.1, 0.15) is 37.7 Å². The summed E-state index contributed by atoms with van der Waals surface area (Å²) in [6.07, 6.45) is 6.91. The lowest BCUT2D eigenvalue weighted by molar-refractivity contribution is -0.127. The summed E-state index contributed by atoms with van der Waals surface area (Å²) in [6.45, 7) is 1.74. The third-order valence-corrected chi connectivity index (χ3v) is 4.55. The largest absolute Gasteiger partial charge is 0.341 e. The number of carbonyl (C=O) groups is 1. The Balaban J connectivity index is 1.47. The van der Waals surface area contributed by atoms with Crippen LogP contribution >= 0.6 is 0 Å². The fourth-order valence-electron chi connectivity index (χ4n) is 3.43. The molecule has 1 aromatic carbocycles. The molecule has 1 aromatic rings. The molecule has 3 nitrogen and oxygen atoms in total. The average Bonchev–Trinajstić information content (AvgIpc) is 3.08. The molecule has 1 saturated carbocycles. The van der Waals surface area contributed by atoms with Crippen molar-refractivity contribution in [3.8, 4) is 0 Å². The van der Waals surface area contributed by atoms with Crippen molar-refractivity contribution in [3.05, 3.63) is 35.9 Å². The van der Waals surface area contributed by atoms with E-state index in [0.717, 1.165) is 19.5 Å². The number of rotatable bonds is 5. The highest BCUT2D eigenvalue weighted by molar-refractivity contribution is 5.79. The second kappa shape index (κ2) is 6.40. The highest BCUT2D eigenvalue weighted by Crippen LogP contribution is 2.20. The van der Waals surface area contributed by atoms with Crippen molar-refractivity contribution in [2.45, 2.75) is 50.6 Å². The molecule has 0 aromatic heterocycles. The number of benzene rings is 1. The lowest BCUT2D eigenvalue weighted by Gasteiger charge is -2.19. The third-order valence-electron chi connectivity index (χ3n) is 4.55. The number of hydrogen-bond acceptors (Lipinski definition) is 2. The van der Waals surface area contributed by atoms with Gasteiger partial charge >= 0.3 is 0 Å². The van der Waals surface area contributed by atoms with Gasteiger partial charge < -0.3 is 10.2 Å². The van der Waals surface area contributed by atoms with Gasteiger partial charge in [0.2, 0.25) is 5.91 Å². The monoisotopic (exact) mass is 272 g/mol. The van der Waals surface area contributed by atoms with Crippen LogP contribution in [0.3, 0.4) is 0 Å². The van der Waals surface area contributed by atoms with Crippen molar-refractivity contribution in [3.63, 3.8) is 0 Å². The van der Waals surface area contributed by atoms with Crippen LogP contribution < -0.4 is 5.32 Å². The average molecular weight is 272 g/mol. The van der Waals surface area contributed by atoms with Gasteiger partial charge in [0.15, 0.2) is 0 Å². The molecular formula is C17H24N2O. The maximum atomic E-state index is 12.1. The fraction of sp³-hybridized carbons (Fsp3) is 0.588. The Kier molecular flexibility index (Phi) is 4.36. The van der Waals surface area contributed by atoms with Crippen LogP contribution in [0.4, 0.5) is 0 Å². The summed E-state index contributed by atoms with van der Waals surface area (Å²) in [6, 6.07) is 11.5. The number of likely N-dealkylation sites (tertiary alicyclic amines) is 1. The summed E-state index contributed by atoms with van der Waals surface area (Å²) >= 11 is 0.